The Morgan fingerprint density at radius 1 is 1.36 bits per heavy atom. The highest BCUT2D eigenvalue weighted by atomic mass is 16.5. The van der Waals surface area contributed by atoms with Gasteiger partial charge in [0.2, 0.25) is 5.91 Å². The molecule has 126 valence electrons. The van der Waals surface area contributed by atoms with Gasteiger partial charge in [-0.1, -0.05) is 0 Å². The minimum atomic E-state index is 0.166. The van der Waals surface area contributed by atoms with Crippen LogP contribution in [0.3, 0.4) is 0 Å². The molecule has 0 aromatic heterocycles. The molecule has 1 amide bonds. The van der Waals surface area contributed by atoms with E-state index in [0.29, 0.717) is 24.9 Å². The van der Waals surface area contributed by atoms with Crippen LogP contribution in [0.2, 0.25) is 0 Å². The number of hydrogen-bond donors (Lipinski definition) is 2. The molecule has 1 atom stereocenters. The van der Waals surface area contributed by atoms with Crippen LogP contribution in [0.5, 0.6) is 0 Å². The number of nitrogens with zero attached hydrogens (tertiary/aromatic N) is 2. The van der Waals surface area contributed by atoms with Crippen molar-refractivity contribution in [3.8, 4) is 0 Å². The highest BCUT2D eigenvalue weighted by Gasteiger charge is 2.22. The zero-order chi connectivity index (χ0) is 15.8. The molecular formula is C16H30N4O2. The fourth-order valence-corrected chi connectivity index (χ4v) is 2.62. The standard InChI is InChI=1S/C16H30N4O2/c1-3-17-16(20(2)11-13-8-10-22-12-13)18-9-4-5-15(21)19-14-6-7-14/h13-14H,3-12H2,1-2H3,(H,17,18)(H,19,21). The predicted octanol–water partition coefficient (Wildman–Crippen LogP) is 0.979. The molecule has 6 heteroatoms. The van der Waals surface area contributed by atoms with E-state index in [1.807, 2.05) is 0 Å². The Kier molecular flexibility index (Phi) is 6.96. The first-order valence-corrected chi connectivity index (χ1v) is 8.55. The van der Waals surface area contributed by atoms with Gasteiger partial charge in [-0.25, -0.2) is 0 Å². The van der Waals surface area contributed by atoms with E-state index in [0.717, 1.165) is 57.9 Å². The van der Waals surface area contributed by atoms with Crippen molar-refractivity contribution in [3.05, 3.63) is 0 Å². The second kappa shape index (κ2) is 8.98. The number of guanidine groups is 1. The summed E-state index contributed by atoms with van der Waals surface area (Å²) in [5.74, 6) is 1.69. The molecule has 1 saturated carbocycles. The van der Waals surface area contributed by atoms with Gasteiger partial charge in [-0.15, -0.1) is 0 Å². The van der Waals surface area contributed by atoms with E-state index in [4.69, 9.17) is 4.74 Å². The van der Waals surface area contributed by atoms with Gasteiger partial charge in [0.1, 0.15) is 0 Å². The number of aliphatic imine (C=N–C) groups is 1. The summed E-state index contributed by atoms with van der Waals surface area (Å²) in [6.07, 6.45) is 4.78. The molecule has 0 aromatic carbocycles. The molecule has 0 aromatic rings. The third-order valence-corrected chi connectivity index (χ3v) is 4.02. The number of ether oxygens (including phenoxy) is 1. The topological polar surface area (TPSA) is 66.0 Å². The number of nitrogens with one attached hydrogen (secondary N) is 2. The Morgan fingerprint density at radius 3 is 2.82 bits per heavy atom. The maximum Gasteiger partial charge on any atom is 0.220 e. The molecule has 22 heavy (non-hydrogen) atoms. The largest absolute Gasteiger partial charge is 0.381 e. The van der Waals surface area contributed by atoms with Crippen LogP contribution in [-0.2, 0) is 9.53 Å². The van der Waals surface area contributed by atoms with Crippen molar-refractivity contribution in [1.29, 1.82) is 0 Å². The lowest BCUT2D eigenvalue weighted by molar-refractivity contribution is -0.121. The molecule has 0 spiro atoms. The Bertz CT molecular complexity index is 376. The van der Waals surface area contributed by atoms with Crippen LogP contribution in [0.15, 0.2) is 4.99 Å². The van der Waals surface area contributed by atoms with Crippen molar-refractivity contribution in [2.24, 2.45) is 10.9 Å². The Balaban J connectivity index is 1.69. The first kappa shape index (κ1) is 17.1. The highest BCUT2D eigenvalue weighted by Crippen LogP contribution is 2.18. The maximum absolute atomic E-state index is 11.6. The van der Waals surface area contributed by atoms with E-state index in [9.17, 15) is 4.79 Å². The zero-order valence-corrected chi connectivity index (χ0v) is 13.9. The lowest BCUT2D eigenvalue weighted by Crippen LogP contribution is -2.41. The minimum Gasteiger partial charge on any atom is -0.381 e. The molecule has 1 heterocycles. The molecule has 1 aliphatic carbocycles. The molecule has 2 fully saturated rings. The van der Waals surface area contributed by atoms with Gasteiger partial charge >= 0.3 is 0 Å². The van der Waals surface area contributed by atoms with Crippen LogP contribution in [0.25, 0.3) is 0 Å². The van der Waals surface area contributed by atoms with Gasteiger partial charge in [-0.05, 0) is 32.6 Å². The molecule has 0 bridgehead atoms. The van der Waals surface area contributed by atoms with Crippen molar-refractivity contribution in [2.45, 2.75) is 45.1 Å². The number of carbonyl (C=O) groups is 1. The number of rotatable bonds is 8. The number of amides is 1. The lowest BCUT2D eigenvalue weighted by atomic mass is 10.1. The molecule has 0 radical (unpaired) electrons. The number of carbonyl (C=O) groups excluding carboxylic acids is 1. The van der Waals surface area contributed by atoms with E-state index < -0.39 is 0 Å². The quantitative estimate of drug-likeness (QED) is 0.398. The van der Waals surface area contributed by atoms with Gasteiger partial charge in [-0.3, -0.25) is 9.79 Å². The molecule has 1 unspecified atom stereocenters. The normalized spacial score (nSPS) is 21.7. The first-order valence-electron chi connectivity index (χ1n) is 8.55. The van der Waals surface area contributed by atoms with Crippen molar-refractivity contribution in [3.63, 3.8) is 0 Å². The molecule has 1 saturated heterocycles. The van der Waals surface area contributed by atoms with Gasteiger partial charge < -0.3 is 20.3 Å². The average molecular weight is 310 g/mol. The average Bonchev–Trinajstić information content (AvgIpc) is 3.15. The van der Waals surface area contributed by atoms with Crippen LogP contribution < -0.4 is 10.6 Å². The summed E-state index contributed by atoms with van der Waals surface area (Å²) < 4.78 is 5.43. The second-order valence-corrected chi connectivity index (χ2v) is 6.29. The van der Waals surface area contributed by atoms with Crippen molar-refractivity contribution in [1.82, 2.24) is 15.5 Å². The highest BCUT2D eigenvalue weighted by molar-refractivity contribution is 5.80. The second-order valence-electron chi connectivity index (χ2n) is 6.29. The fourth-order valence-electron chi connectivity index (χ4n) is 2.62. The fraction of sp³-hybridized carbons (Fsp3) is 0.875. The lowest BCUT2D eigenvalue weighted by Gasteiger charge is -2.24. The van der Waals surface area contributed by atoms with Crippen molar-refractivity contribution < 1.29 is 9.53 Å². The molecule has 2 aliphatic rings. The summed E-state index contributed by atoms with van der Waals surface area (Å²) in [5.41, 5.74) is 0. The third kappa shape index (κ3) is 6.22. The van der Waals surface area contributed by atoms with Gasteiger partial charge in [0.25, 0.3) is 0 Å². The van der Waals surface area contributed by atoms with Gasteiger partial charge in [-0.2, -0.15) is 0 Å². The van der Waals surface area contributed by atoms with Gasteiger partial charge in [0.05, 0.1) is 6.61 Å². The van der Waals surface area contributed by atoms with Gasteiger partial charge in [0.15, 0.2) is 5.96 Å². The molecule has 2 rings (SSSR count). The molecular weight excluding hydrogens is 280 g/mol. The Morgan fingerprint density at radius 2 is 2.18 bits per heavy atom. The number of hydrogen-bond acceptors (Lipinski definition) is 3. The van der Waals surface area contributed by atoms with Gasteiger partial charge in [0, 0.05) is 51.7 Å². The molecule has 2 N–H and O–H groups in total. The summed E-state index contributed by atoms with van der Waals surface area (Å²) in [4.78, 5) is 18.4. The van der Waals surface area contributed by atoms with Crippen LogP contribution in [0, 0.1) is 5.92 Å². The smallest absolute Gasteiger partial charge is 0.220 e. The van der Waals surface area contributed by atoms with E-state index >= 15 is 0 Å². The van der Waals surface area contributed by atoms with E-state index in [2.05, 4.69) is 34.5 Å². The van der Waals surface area contributed by atoms with E-state index in [-0.39, 0.29) is 5.91 Å². The summed E-state index contributed by atoms with van der Waals surface area (Å²) in [6.45, 7) is 6.31. The van der Waals surface area contributed by atoms with Crippen LogP contribution in [-0.4, -0.2) is 62.7 Å². The summed E-state index contributed by atoms with van der Waals surface area (Å²) in [5, 5.41) is 6.33. The maximum atomic E-state index is 11.6. The van der Waals surface area contributed by atoms with Crippen LogP contribution in [0.4, 0.5) is 0 Å². The minimum absolute atomic E-state index is 0.166. The SMILES string of the molecule is CCNC(=NCCCC(=O)NC1CC1)N(C)CC1CCOC1. The summed E-state index contributed by atoms with van der Waals surface area (Å²) in [7, 11) is 2.07. The Labute approximate surface area is 133 Å². The zero-order valence-electron chi connectivity index (χ0n) is 13.9. The summed E-state index contributed by atoms with van der Waals surface area (Å²) in [6, 6.07) is 0.452. The van der Waals surface area contributed by atoms with Crippen LogP contribution in [0.1, 0.15) is 39.0 Å². The summed E-state index contributed by atoms with van der Waals surface area (Å²) >= 11 is 0. The molecule has 6 nitrogen and oxygen atoms in total. The van der Waals surface area contributed by atoms with Crippen LogP contribution >= 0.6 is 0 Å². The predicted molar refractivity (Wildman–Crippen MR) is 87.9 cm³/mol. The molecule has 1 aliphatic heterocycles. The Hall–Kier alpha value is -1.30. The van der Waals surface area contributed by atoms with E-state index in [1.165, 1.54) is 0 Å². The van der Waals surface area contributed by atoms with E-state index in [1.54, 1.807) is 0 Å². The third-order valence-electron chi connectivity index (χ3n) is 4.02. The first-order chi connectivity index (χ1) is 10.7. The monoisotopic (exact) mass is 310 g/mol. The van der Waals surface area contributed by atoms with Crippen molar-refractivity contribution >= 4 is 11.9 Å². The van der Waals surface area contributed by atoms with Crippen molar-refractivity contribution in [2.75, 3.05) is 39.9 Å².